The van der Waals surface area contributed by atoms with Crippen LogP contribution in [-0.2, 0) is 0 Å². The molecule has 0 aromatic heterocycles. The molecule has 0 bridgehead atoms. The minimum atomic E-state index is 0.383. The number of phenolic OH excluding ortho intramolecular Hbond substituents is 2. The monoisotopic (exact) mass is 414 g/mol. The number of rotatable bonds is 14. The molecule has 0 radical (unpaired) electrons. The molecule has 0 amide bonds. The number of unbranched alkanes of at least 4 members (excludes halogenated alkanes) is 4. The van der Waals surface area contributed by atoms with Gasteiger partial charge in [0.1, 0.15) is 11.5 Å². The van der Waals surface area contributed by atoms with Crippen molar-refractivity contribution < 1.29 is 10.2 Å². The molecule has 2 nitrogen and oxygen atoms in total. The van der Waals surface area contributed by atoms with Crippen molar-refractivity contribution in [2.45, 2.75) is 77.0 Å². The van der Waals surface area contributed by atoms with Crippen molar-refractivity contribution in [1.82, 2.24) is 0 Å². The van der Waals surface area contributed by atoms with Crippen LogP contribution in [0.4, 0.5) is 0 Å². The Morgan fingerprint density at radius 3 is 1.45 bits per heavy atom. The van der Waals surface area contributed by atoms with Crippen LogP contribution in [0.3, 0.4) is 0 Å². The number of hydrogen-bond acceptors (Lipinski definition) is 3. The first-order valence-electron chi connectivity index (χ1n) is 11.3. The smallest absolute Gasteiger partial charge is 0.119 e. The molecule has 0 fully saturated rings. The summed E-state index contributed by atoms with van der Waals surface area (Å²) in [5.74, 6) is 3.64. The van der Waals surface area contributed by atoms with Gasteiger partial charge in [-0.25, -0.2) is 0 Å². The molecule has 2 rings (SSSR count). The third-order valence-corrected chi connectivity index (χ3v) is 6.98. The maximum Gasteiger partial charge on any atom is 0.119 e. The summed E-state index contributed by atoms with van der Waals surface area (Å²) in [7, 11) is 0. The molecule has 0 aliphatic heterocycles. The largest absolute Gasteiger partial charge is 0.508 e. The third kappa shape index (κ3) is 7.97. The predicted molar refractivity (Wildman–Crippen MR) is 127 cm³/mol. The van der Waals surface area contributed by atoms with Crippen molar-refractivity contribution in [2.24, 2.45) is 0 Å². The van der Waals surface area contributed by atoms with Crippen molar-refractivity contribution in [1.29, 1.82) is 0 Å². The molecule has 2 atom stereocenters. The molecule has 2 unspecified atom stereocenters. The summed E-state index contributed by atoms with van der Waals surface area (Å²) < 4.78 is 0. The van der Waals surface area contributed by atoms with Gasteiger partial charge in [0, 0.05) is 11.5 Å². The Kier molecular flexibility index (Phi) is 11.1. The van der Waals surface area contributed by atoms with Gasteiger partial charge in [0.05, 0.1) is 0 Å². The lowest BCUT2D eigenvalue weighted by atomic mass is 9.94. The van der Waals surface area contributed by atoms with Crippen molar-refractivity contribution in [3.05, 3.63) is 59.7 Å². The average Bonchev–Trinajstić information content (AvgIpc) is 2.73. The lowest BCUT2D eigenvalue weighted by Crippen LogP contribution is -2.07. The molecular weight excluding hydrogens is 376 g/mol. The lowest BCUT2D eigenvalue weighted by molar-refractivity contribution is 0.458. The number of benzene rings is 2. The van der Waals surface area contributed by atoms with Gasteiger partial charge < -0.3 is 10.2 Å². The van der Waals surface area contributed by atoms with Gasteiger partial charge >= 0.3 is 0 Å². The van der Waals surface area contributed by atoms with Gasteiger partial charge in [0.25, 0.3) is 0 Å². The highest BCUT2D eigenvalue weighted by molar-refractivity contribution is 7.99. The summed E-state index contributed by atoms with van der Waals surface area (Å²) in [5.41, 5.74) is 2.17. The van der Waals surface area contributed by atoms with Crippen LogP contribution in [0.2, 0.25) is 0 Å². The van der Waals surface area contributed by atoms with Crippen molar-refractivity contribution in [2.75, 3.05) is 11.5 Å². The molecule has 0 aliphatic rings. The van der Waals surface area contributed by atoms with Crippen molar-refractivity contribution >= 4 is 11.8 Å². The molecular formula is C26H38O2S. The van der Waals surface area contributed by atoms with Crippen LogP contribution in [0, 0.1) is 0 Å². The summed E-state index contributed by atoms with van der Waals surface area (Å²) in [6.45, 7) is 4.47. The van der Waals surface area contributed by atoms with Gasteiger partial charge in [-0.15, -0.1) is 0 Å². The maximum atomic E-state index is 10.4. The van der Waals surface area contributed by atoms with E-state index in [2.05, 4.69) is 26.0 Å². The van der Waals surface area contributed by atoms with E-state index in [1.165, 1.54) is 38.5 Å². The predicted octanol–water partition coefficient (Wildman–Crippen LogP) is 7.86. The van der Waals surface area contributed by atoms with E-state index in [9.17, 15) is 10.2 Å². The molecule has 160 valence electrons. The Hall–Kier alpha value is -1.61. The average molecular weight is 415 g/mol. The fourth-order valence-electron chi connectivity index (χ4n) is 3.96. The number of phenols is 2. The van der Waals surface area contributed by atoms with E-state index in [0.29, 0.717) is 23.3 Å². The zero-order valence-electron chi connectivity index (χ0n) is 18.1. The minimum Gasteiger partial charge on any atom is -0.508 e. The first-order valence-corrected chi connectivity index (χ1v) is 12.5. The molecule has 0 aliphatic carbocycles. The second kappa shape index (κ2) is 13.6. The van der Waals surface area contributed by atoms with Crippen LogP contribution in [0.15, 0.2) is 48.5 Å². The van der Waals surface area contributed by atoms with Gasteiger partial charge in [-0.05, 0) is 47.9 Å². The summed E-state index contributed by atoms with van der Waals surface area (Å²) in [5, 5.41) is 20.7. The number of para-hydroxylation sites is 2. The van der Waals surface area contributed by atoms with Crippen molar-refractivity contribution in [3.63, 3.8) is 0 Å². The van der Waals surface area contributed by atoms with Crippen LogP contribution in [0.5, 0.6) is 11.5 Å². The molecule has 2 N–H and O–H groups in total. The Labute approximate surface area is 181 Å². The minimum absolute atomic E-state index is 0.383. The highest BCUT2D eigenvalue weighted by Gasteiger charge is 2.19. The maximum absolute atomic E-state index is 10.4. The van der Waals surface area contributed by atoms with Crippen LogP contribution >= 0.6 is 11.8 Å². The summed E-state index contributed by atoms with van der Waals surface area (Å²) >= 11 is 1.97. The summed E-state index contributed by atoms with van der Waals surface area (Å²) in [6, 6.07) is 15.6. The van der Waals surface area contributed by atoms with E-state index in [-0.39, 0.29) is 0 Å². The Balaban J connectivity index is 2.03. The van der Waals surface area contributed by atoms with Gasteiger partial charge in [-0.2, -0.15) is 11.8 Å². The van der Waals surface area contributed by atoms with Gasteiger partial charge in [0.2, 0.25) is 0 Å². The van der Waals surface area contributed by atoms with Crippen LogP contribution in [0.25, 0.3) is 0 Å². The summed E-state index contributed by atoms with van der Waals surface area (Å²) in [6.07, 6.45) is 9.56. The topological polar surface area (TPSA) is 40.5 Å². The Morgan fingerprint density at radius 2 is 1.07 bits per heavy atom. The summed E-state index contributed by atoms with van der Waals surface area (Å²) in [4.78, 5) is 0. The SMILES string of the molecule is CCCCCC(CSCC(CCCCC)c1ccccc1O)c1ccccc1O. The second-order valence-electron chi connectivity index (χ2n) is 8.04. The van der Waals surface area contributed by atoms with E-state index >= 15 is 0 Å². The number of hydrogen-bond donors (Lipinski definition) is 2. The second-order valence-corrected chi connectivity index (χ2v) is 9.12. The van der Waals surface area contributed by atoms with E-state index in [4.69, 9.17) is 0 Å². The van der Waals surface area contributed by atoms with Gasteiger partial charge in [0.15, 0.2) is 0 Å². The zero-order valence-corrected chi connectivity index (χ0v) is 19.0. The van der Waals surface area contributed by atoms with Crippen LogP contribution < -0.4 is 0 Å². The first-order chi connectivity index (χ1) is 14.2. The lowest BCUT2D eigenvalue weighted by Gasteiger charge is -2.22. The zero-order chi connectivity index (χ0) is 20.9. The van der Waals surface area contributed by atoms with Crippen molar-refractivity contribution in [3.8, 4) is 11.5 Å². The highest BCUT2D eigenvalue weighted by atomic mass is 32.2. The van der Waals surface area contributed by atoms with Crippen LogP contribution in [0.1, 0.15) is 88.2 Å². The molecule has 29 heavy (non-hydrogen) atoms. The highest BCUT2D eigenvalue weighted by Crippen LogP contribution is 2.36. The fraction of sp³-hybridized carbons (Fsp3) is 0.538. The molecule has 0 heterocycles. The first kappa shape index (κ1) is 23.7. The molecule has 2 aromatic rings. The Morgan fingerprint density at radius 1 is 0.655 bits per heavy atom. The van der Waals surface area contributed by atoms with Gasteiger partial charge in [-0.1, -0.05) is 88.8 Å². The molecule has 0 spiro atoms. The fourth-order valence-corrected chi connectivity index (χ4v) is 5.35. The van der Waals surface area contributed by atoms with E-state index in [1.54, 1.807) is 0 Å². The van der Waals surface area contributed by atoms with E-state index < -0.39 is 0 Å². The van der Waals surface area contributed by atoms with Crippen LogP contribution in [-0.4, -0.2) is 21.7 Å². The third-order valence-electron chi connectivity index (χ3n) is 5.70. The van der Waals surface area contributed by atoms with Gasteiger partial charge in [-0.3, -0.25) is 0 Å². The Bertz CT molecular complexity index is 641. The van der Waals surface area contributed by atoms with E-state index in [0.717, 1.165) is 35.5 Å². The number of thioether (sulfide) groups is 1. The normalized spacial score (nSPS) is 13.3. The van der Waals surface area contributed by atoms with E-state index in [1.807, 2.05) is 48.2 Å². The quantitative estimate of drug-likeness (QED) is 0.309. The molecule has 3 heteroatoms. The molecule has 2 aromatic carbocycles. The number of aromatic hydroxyl groups is 2. The molecule has 0 saturated carbocycles. The molecule has 0 saturated heterocycles. The standard InChI is InChI=1S/C26H38O2S/c1-3-5-7-13-21(23-15-9-11-17-25(23)27)19-29-20-22(14-8-6-4-2)24-16-10-12-18-26(24)28/h9-12,15-18,21-22,27-28H,3-8,13-14,19-20H2,1-2H3.